The highest BCUT2D eigenvalue weighted by Gasteiger charge is 1.86. The molecule has 0 bridgehead atoms. The molecule has 0 saturated heterocycles. The van der Waals surface area contributed by atoms with E-state index in [4.69, 9.17) is 0 Å². The van der Waals surface area contributed by atoms with Crippen LogP contribution in [0.15, 0.2) is 23.3 Å². The van der Waals surface area contributed by atoms with Gasteiger partial charge in [0.15, 0.2) is 0 Å². The second kappa shape index (κ2) is 7.15. The van der Waals surface area contributed by atoms with Gasteiger partial charge in [-0.25, -0.2) is 0 Å². The van der Waals surface area contributed by atoms with E-state index < -0.39 is 0 Å². The van der Waals surface area contributed by atoms with Gasteiger partial charge >= 0.3 is 0 Å². The Morgan fingerprint density at radius 2 is 1.17 bits per heavy atom. The molecule has 0 spiro atoms. The molecule has 0 unspecified atom stereocenters. The molecule has 70 valence electrons. The predicted molar refractivity (Wildman–Crippen MR) is 57.3 cm³/mol. The maximum atomic E-state index is 2.26. The zero-order valence-electron chi connectivity index (χ0n) is 8.98. The minimum Gasteiger partial charge on any atom is -0.0733 e. The summed E-state index contributed by atoms with van der Waals surface area (Å²) < 4.78 is 0. The molecule has 0 aromatic carbocycles. The quantitative estimate of drug-likeness (QED) is 0.528. The summed E-state index contributed by atoms with van der Waals surface area (Å²) in [7, 11) is 0. The van der Waals surface area contributed by atoms with E-state index in [1.165, 1.54) is 36.8 Å². The topological polar surface area (TPSA) is 0 Å². The Morgan fingerprint density at radius 3 is 1.42 bits per heavy atom. The summed E-state index contributed by atoms with van der Waals surface area (Å²) in [5.41, 5.74) is 2.99. The van der Waals surface area contributed by atoms with Crippen LogP contribution in [-0.4, -0.2) is 0 Å². The standard InChI is InChI=1S/C12H22/c1-5-7-11(3)9-10-12(4)8-6-2/h9-10H,5-8H2,1-4H3/b11-9-,12-10?. The van der Waals surface area contributed by atoms with Crippen LogP contribution in [0.25, 0.3) is 0 Å². The Labute approximate surface area is 77.4 Å². The zero-order valence-corrected chi connectivity index (χ0v) is 8.98. The monoisotopic (exact) mass is 166 g/mol. The number of hydrogen-bond donors (Lipinski definition) is 0. The van der Waals surface area contributed by atoms with Crippen molar-refractivity contribution < 1.29 is 0 Å². The van der Waals surface area contributed by atoms with Crippen LogP contribution in [0.1, 0.15) is 53.4 Å². The molecule has 0 radical (unpaired) electrons. The van der Waals surface area contributed by atoms with Crippen molar-refractivity contribution in [3.05, 3.63) is 23.3 Å². The molecule has 0 aromatic heterocycles. The highest BCUT2D eigenvalue weighted by Crippen LogP contribution is 2.07. The molecule has 0 heteroatoms. The van der Waals surface area contributed by atoms with Crippen molar-refractivity contribution in [3.8, 4) is 0 Å². The number of hydrogen-bond acceptors (Lipinski definition) is 0. The largest absolute Gasteiger partial charge is 0.0733 e. The summed E-state index contributed by atoms with van der Waals surface area (Å²) in [5.74, 6) is 0. The summed E-state index contributed by atoms with van der Waals surface area (Å²) >= 11 is 0. The predicted octanol–water partition coefficient (Wildman–Crippen LogP) is 4.48. The SMILES string of the molecule is CCCC(C)=C/C=C(/C)CCC. The van der Waals surface area contributed by atoms with E-state index in [2.05, 4.69) is 39.8 Å². The summed E-state index contributed by atoms with van der Waals surface area (Å²) in [4.78, 5) is 0. The van der Waals surface area contributed by atoms with Gasteiger partial charge in [0.25, 0.3) is 0 Å². The van der Waals surface area contributed by atoms with Crippen LogP contribution < -0.4 is 0 Å². The molecule has 12 heavy (non-hydrogen) atoms. The molecule has 0 N–H and O–H groups in total. The van der Waals surface area contributed by atoms with Crippen molar-refractivity contribution in [1.29, 1.82) is 0 Å². The van der Waals surface area contributed by atoms with E-state index in [0.717, 1.165) is 0 Å². The average molecular weight is 166 g/mol. The Hall–Kier alpha value is -0.520. The van der Waals surface area contributed by atoms with Gasteiger partial charge in [-0.1, -0.05) is 50.0 Å². The maximum Gasteiger partial charge on any atom is -0.0323 e. The highest BCUT2D eigenvalue weighted by atomic mass is 13.9. The minimum atomic E-state index is 1.23. The van der Waals surface area contributed by atoms with Gasteiger partial charge in [-0.15, -0.1) is 0 Å². The van der Waals surface area contributed by atoms with E-state index in [9.17, 15) is 0 Å². The van der Waals surface area contributed by atoms with E-state index >= 15 is 0 Å². The van der Waals surface area contributed by atoms with Gasteiger partial charge in [-0.3, -0.25) is 0 Å². The van der Waals surface area contributed by atoms with Crippen LogP contribution in [0.5, 0.6) is 0 Å². The lowest BCUT2D eigenvalue weighted by atomic mass is 10.1. The lowest BCUT2D eigenvalue weighted by Gasteiger charge is -1.97. The van der Waals surface area contributed by atoms with Crippen molar-refractivity contribution in [2.24, 2.45) is 0 Å². The molecular weight excluding hydrogens is 144 g/mol. The highest BCUT2D eigenvalue weighted by molar-refractivity contribution is 5.15. The Bertz CT molecular complexity index is 141. The van der Waals surface area contributed by atoms with Gasteiger partial charge in [0.05, 0.1) is 0 Å². The van der Waals surface area contributed by atoms with Crippen LogP contribution in [0, 0.1) is 0 Å². The van der Waals surface area contributed by atoms with E-state index in [1.807, 2.05) is 0 Å². The fourth-order valence-electron chi connectivity index (χ4n) is 1.24. The van der Waals surface area contributed by atoms with Crippen molar-refractivity contribution in [2.75, 3.05) is 0 Å². The summed E-state index contributed by atoms with van der Waals surface area (Å²) in [5, 5.41) is 0. The van der Waals surface area contributed by atoms with Gasteiger partial charge in [0.2, 0.25) is 0 Å². The van der Waals surface area contributed by atoms with Gasteiger partial charge in [0, 0.05) is 0 Å². The second-order valence-electron chi connectivity index (χ2n) is 3.53. The fraction of sp³-hybridized carbons (Fsp3) is 0.667. The first-order valence-corrected chi connectivity index (χ1v) is 5.03. The molecule has 0 aromatic rings. The third kappa shape index (κ3) is 6.21. The smallest absolute Gasteiger partial charge is 0.0323 e. The first-order chi connectivity index (χ1) is 5.70. The van der Waals surface area contributed by atoms with Crippen molar-refractivity contribution in [1.82, 2.24) is 0 Å². The zero-order chi connectivity index (χ0) is 9.40. The Balaban J connectivity index is 3.89. The van der Waals surface area contributed by atoms with Crippen molar-refractivity contribution in [3.63, 3.8) is 0 Å². The second-order valence-corrected chi connectivity index (χ2v) is 3.53. The molecule has 0 nitrogen and oxygen atoms in total. The molecule has 0 heterocycles. The first kappa shape index (κ1) is 11.5. The molecule has 0 aliphatic carbocycles. The maximum absolute atomic E-state index is 2.26. The Morgan fingerprint density at radius 1 is 0.833 bits per heavy atom. The number of allylic oxidation sites excluding steroid dienone is 4. The van der Waals surface area contributed by atoms with Gasteiger partial charge < -0.3 is 0 Å². The molecular formula is C12H22. The molecule has 0 aliphatic heterocycles. The third-order valence-electron chi connectivity index (χ3n) is 1.94. The lowest BCUT2D eigenvalue weighted by Crippen LogP contribution is -1.76. The van der Waals surface area contributed by atoms with Crippen molar-refractivity contribution >= 4 is 0 Å². The lowest BCUT2D eigenvalue weighted by molar-refractivity contribution is 0.896. The van der Waals surface area contributed by atoms with Crippen molar-refractivity contribution in [2.45, 2.75) is 53.4 Å². The van der Waals surface area contributed by atoms with E-state index in [0.29, 0.717) is 0 Å². The van der Waals surface area contributed by atoms with E-state index in [-0.39, 0.29) is 0 Å². The van der Waals surface area contributed by atoms with Crippen LogP contribution in [0.2, 0.25) is 0 Å². The third-order valence-corrected chi connectivity index (χ3v) is 1.94. The summed E-state index contributed by atoms with van der Waals surface area (Å²) in [6.07, 6.45) is 9.49. The normalized spacial score (nSPS) is 13.7. The summed E-state index contributed by atoms with van der Waals surface area (Å²) in [6, 6.07) is 0. The van der Waals surface area contributed by atoms with Gasteiger partial charge in [-0.05, 0) is 26.7 Å². The molecule has 0 rings (SSSR count). The summed E-state index contributed by atoms with van der Waals surface area (Å²) in [6.45, 7) is 8.86. The first-order valence-electron chi connectivity index (χ1n) is 5.03. The van der Waals surface area contributed by atoms with Gasteiger partial charge in [-0.2, -0.15) is 0 Å². The van der Waals surface area contributed by atoms with Crippen LogP contribution >= 0.6 is 0 Å². The minimum absolute atomic E-state index is 1.23. The Kier molecular flexibility index (Phi) is 6.84. The van der Waals surface area contributed by atoms with Crippen LogP contribution in [0.3, 0.4) is 0 Å². The molecule has 0 amide bonds. The molecule has 0 aliphatic rings. The fourth-order valence-corrected chi connectivity index (χ4v) is 1.24. The molecule has 0 fully saturated rings. The van der Waals surface area contributed by atoms with Crippen LogP contribution in [-0.2, 0) is 0 Å². The van der Waals surface area contributed by atoms with Gasteiger partial charge in [0.1, 0.15) is 0 Å². The average Bonchev–Trinajstić information content (AvgIpc) is 2.02. The van der Waals surface area contributed by atoms with Crippen LogP contribution in [0.4, 0.5) is 0 Å². The molecule has 0 saturated carbocycles. The van der Waals surface area contributed by atoms with E-state index in [1.54, 1.807) is 0 Å². The molecule has 0 atom stereocenters. The number of rotatable bonds is 5.